The summed E-state index contributed by atoms with van der Waals surface area (Å²) >= 11 is 0. The SMILES string of the molecule is C=CC[C@]12CCC[C@H](CC(c3ccccc3)=N1)C2. The molecule has 2 bridgehead atoms. The fraction of sp³-hybridized carbons (Fsp3) is 0.471. The highest BCUT2D eigenvalue weighted by Crippen LogP contribution is 2.43. The first-order valence-corrected chi connectivity index (χ1v) is 7.06. The van der Waals surface area contributed by atoms with Gasteiger partial charge in [-0.1, -0.05) is 42.8 Å². The molecule has 1 heteroatoms. The van der Waals surface area contributed by atoms with Crippen molar-refractivity contribution >= 4 is 5.71 Å². The summed E-state index contributed by atoms with van der Waals surface area (Å²) in [6, 6.07) is 10.7. The molecule has 2 aliphatic rings. The van der Waals surface area contributed by atoms with Gasteiger partial charge in [0.2, 0.25) is 0 Å². The second-order valence-corrected chi connectivity index (χ2v) is 5.81. The summed E-state index contributed by atoms with van der Waals surface area (Å²) in [6.07, 6.45) is 9.50. The van der Waals surface area contributed by atoms with E-state index < -0.39 is 0 Å². The number of nitrogens with zero attached hydrogens (tertiary/aromatic N) is 1. The van der Waals surface area contributed by atoms with Crippen molar-refractivity contribution in [1.29, 1.82) is 0 Å². The van der Waals surface area contributed by atoms with E-state index in [0.717, 1.165) is 12.3 Å². The van der Waals surface area contributed by atoms with Crippen LogP contribution in [0.15, 0.2) is 48.0 Å². The third-order valence-electron chi connectivity index (χ3n) is 4.41. The second kappa shape index (κ2) is 4.72. The van der Waals surface area contributed by atoms with E-state index in [2.05, 4.69) is 43.0 Å². The Morgan fingerprint density at radius 2 is 2.17 bits per heavy atom. The van der Waals surface area contributed by atoms with Gasteiger partial charge in [0.1, 0.15) is 0 Å². The predicted octanol–water partition coefficient (Wildman–Crippen LogP) is 4.38. The average Bonchev–Trinajstić information content (AvgIpc) is 2.39. The standard InChI is InChI=1S/C17H21N/c1-2-10-17-11-6-7-14(13-17)12-16(18-17)15-8-4-3-5-9-15/h2-5,8-9,14H,1,6-7,10-13H2/t14-,17-/m1/s1. The second-order valence-electron chi connectivity index (χ2n) is 5.81. The van der Waals surface area contributed by atoms with Crippen LogP contribution in [0, 0.1) is 5.92 Å². The quantitative estimate of drug-likeness (QED) is 0.694. The van der Waals surface area contributed by atoms with Crippen molar-refractivity contribution in [2.45, 2.75) is 44.1 Å². The fourth-order valence-electron chi connectivity index (χ4n) is 3.66. The molecule has 0 N–H and O–H groups in total. The molecule has 0 amide bonds. The molecule has 1 heterocycles. The number of rotatable bonds is 3. The van der Waals surface area contributed by atoms with Gasteiger partial charge in [0.05, 0.1) is 5.54 Å². The molecule has 1 aromatic carbocycles. The maximum atomic E-state index is 5.14. The van der Waals surface area contributed by atoms with Crippen LogP contribution in [0.1, 0.15) is 44.1 Å². The number of hydrogen-bond donors (Lipinski definition) is 0. The Balaban J connectivity index is 1.97. The minimum atomic E-state index is 0.175. The maximum absolute atomic E-state index is 5.14. The van der Waals surface area contributed by atoms with Crippen LogP contribution in [0.25, 0.3) is 0 Å². The van der Waals surface area contributed by atoms with Crippen LogP contribution >= 0.6 is 0 Å². The number of hydrogen-bond acceptors (Lipinski definition) is 1. The third kappa shape index (κ3) is 2.14. The Kier molecular flexibility index (Phi) is 3.07. The minimum absolute atomic E-state index is 0.175. The van der Waals surface area contributed by atoms with Crippen LogP contribution in [0.2, 0.25) is 0 Å². The number of fused-ring (bicyclic) bond motifs is 2. The predicted molar refractivity (Wildman–Crippen MR) is 77.1 cm³/mol. The Bertz CT molecular complexity index is 460. The number of benzene rings is 1. The highest BCUT2D eigenvalue weighted by Gasteiger charge is 2.39. The van der Waals surface area contributed by atoms with Crippen LogP contribution in [-0.4, -0.2) is 11.3 Å². The van der Waals surface area contributed by atoms with Crippen LogP contribution < -0.4 is 0 Å². The first kappa shape index (κ1) is 11.7. The van der Waals surface area contributed by atoms with E-state index in [9.17, 15) is 0 Å². The topological polar surface area (TPSA) is 12.4 Å². The van der Waals surface area contributed by atoms with E-state index in [1.54, 1.807) is 0 Å². The van der Waals surface area contributed by atoms with Gasteiger partial charge in [-0.05, 0) is 43.6 Å². The van der Waals surface area contributed by atoms with Crippen LogP contribution in [0.5, 0.6) is 0 Å². The van der Waals surface area contributed by atoms with Crippen molar-refractivity contribution in [3.05, 3.63) is 48.6 Å². The summed E-state index contributed by atoms with van der Waals surface area (Å²) in [5.41, 5.74) is 2.82. The molecule has 0 radical (unpaired) electrons. The lowest BCUT2D eigenvalue weighted by Gasteiger charge is -2.42. The molecule has 3 rings (SSSR count). The first-order valence-electron chi connectivity index (χ1n) is 7.06. The van der Waals surface area contributed by atoms with Crippen molar-refractivity contribution in [3.8, 4) is 0 Å². The van der Waals surface area contributed by atoms with Gasteiger partial charge in [0.15, 0.2) is 0 Å². The van der Waals surface area contributed by atoms with Crippen molar-refractivity contribution in [3.63, 3.8) is 0 Å². The average molecular weight is 239 g/mol. The van der Waals surface area contributed by atoms with Gasteiger partial charge in [-0.15, -0.1) is 6.58 Å². The van der Waals surface area contributed by atoms with Gasteiger partial charge in [0, 0.05) is 5.71 Å². The molecule has 1 aliphatic carbocycles. The molecule has 0 unspecified atom stereocenters. The van der Waals surface area contributed by atoms with Crippen LogP contribution in [-0.2, 0) is 0 Å². The molecule has 0 saturated heterocycles. The third-order valence-corrected chi connectivity index (χ3v) is 4.41. The monoisotopic (exact) mass is 239 g/mol. The Morgan fingerprint density at radius 1 is 1.33 bits per heavy atom. The van der Waals surface area contributed by atoms with Crippen molar-refractivity contribution < 1.29 is 0 Å². The zero-order chi connectivity index (χ0) is 12.4. The Morgan fingerprint density at radius 3 is 2.94 bits per heavy atom. The van der Waals surface area contributed by atoms with Crippen molar-refractivity contribution in [2.24, 2.45) is 10.9 Å². The molecule has 0 aromatic heterocycles. The van der Waals surface area contributed by atoms with Crippen molar-refractivity contribution in [1.82, 2.24) is 0 Å². The summed E-state index contributed by atoms with van der Waals surface area (Å²) in [7, 11) is 0. The summed E-state index contributed by atoms with van der Waals surface area (Å²) in [6.45, 7) is 3.93. The molecule has 94 valence electrons. The van der Waals surface area contributed by atoms with E-state index in [1.165, 1.54) is 43.4 Å². The highest BCUT2D eigenvalue weighted by atomic mass is 14.9. The van der Waals surface area contributed by atoms with Gasteiger partial charge in [-0.25, -0.2) is 0 Å². The van der Waals surface area contributed by atoms with Gasteiger partial charge in [-0.2, -0.15) is 0 Å². The summed E-state index contributed by atoms with van der Waals surface area (Å²) in [4.78, 5) is 5.14. The molecule has 0 spiro atoms. The zero-order valence-corrected chi connectivity index (χ0v) is 10.9. The van der Waals surface area contributed by atoms with Gasteiger partial charge >= 0.3 is 0 Å². The first-order chi connectivity index (χ1) is 8.81. The lowest BCUT2D eigenvalue weighted by molar-refractivity contribution is 0.218. The smallest absolute Gasteiger partial charge is 0.0648 e. The molecular formula is C17H21N. The highest BCUT2D eigenvalue weighted by molar-refractivity contribution is 6.01. The minimum Gasteiger partial charge on any atom is -0.282 e. The van der Waals surface area contributed by atoms with Crippen molar-refractivity contribution in [2.75, 3.05) is 0 Å². The molecule has 1 fully saturated rings. The normalized spacial score (nSPS) is 30.7. The van der Waals surface area contributed by atoms with Gasteiger partial charge in [-0.3, -0.25) is 4.99 Å². The van der Waals surface area contributed by atoms with E-state index in [1.807, 2.05) is 0 Å². The van der Waals surface area contributed by atoms with E-state index in [4.69, 9.17) is 4.99 Å². The summed E-state index contributed by atoms with van der Waals surface area (Å²) in [5.74, 6) is 0.839. The Hall–Kier alpha value is -1.37. The lowest BCUT2D eigenvalue weighted by Crippen LogP contribution is -2.39. The molecule has 1 nitrogen and oxygen atoms in total. The van der Waals surface area contributed by atoms with Crippen LogP contribution in [0.3, 0.4) is 0 Å². The van der Waals surface area contributed by atoms with Crippen LogP contribution in [0.4, 0.5) is 0 Å². The fourth-order valence-corrected chi connectivity index (χ4v) is 3.66. The molecule has 2 atom stereocenters. The van der Waals surface area contributed by atoms with Gasteiger partial charge < -0.3 is 0 Å². The zero-order valence-electron chi connectivity index (χ0n) is 10.9. The number of aliphatic imine (C=N–C) groups is 1. The molecule has 18 heavy (non-hydrogen) atoms. The summed E-state index contributed by atoms with van der Waals surface area (Å²) in [5, 5.41) is 0. The van der Waals surface area contributed by atoms with Gasteiger partial charge in [0.25, 0.3) is 0 Å². The largest absolute Gasteiger partial charge is 0.282 e. The maximum Gasteiger partial charge on any atom is 0.0648 e. The molecular weight excluding hydrogens is 218 g/mol. The molecule has 1 aromatic rings. The van der Waals surface area contributed by atoms with E-state index in [-0.39, 0.29) is 5.54 Å². The summed E-state index contributed by atoms with van der Waals surface area (Å²) < 4.78 is 0. The Labute approximate surface area is 110 Å². The van der Waals surface area contributed by atoms with E-state index in [0.29, 0.717) is 0 Å². The molecule has 1 aliphatic heterocycles. The van der Waals surface area contributed by atoms with E-state index >= 15 is 0 Å². The lowest BCUT2D eigenvalue weighted by atomic mass is 9.70. The molecule has 1 saturated carbocycles.